The second-order valence-corrected chi connectivity index (χ2v) is 7.95. The Morgan fingerprint density at radius 1 is 1.25 bits per heavy atom. The summed E-state index contributed by atoms with van der Waals surface area (Å²) < 4.78 is 5.21. The molecule has 1 aromatic carbocycles. The predicted molar refractivity (Wildman–Crippen MR) is 111 cm³/mol. The maximum Gasteiger partial charge on any atom is 0.255 e. The summed E-state index contributed by atoms with van der Waals surface area (Å²) in [6.45, 7) is 4.36. The predicted octanol–water partition coefficient (Wildman–Crippen LogP) is 3.41. The molecule has 3 aromatic rings. The molecular formula is C21H24N4O2S. The lowest BCUT2D eigenvalue weighted by Crippen LogP contribution is -2.35. The van der Waals surface area contributed by atoms with E-state index in [2.05, 4.69) is 27.2 Å². The van der Waals surface area contributed by atoms with Crippen LogP contribution in [0.4, 0.5) is 0 Å². The van der Waals surface area contributed by atoms with Crippen LogP contribution in [-0.2, 0) is 25.9 Å². The molecule has 6 nitrogen and oxygen atoms in total. The fourth-order valence-electron chi connectivity index (χ4n) is 3.49. The Labute approximate surface area is 168 Å². The van der Waals surface area contributed by atoms with Gasteiger partial charge in [-0.05, 0) is 30.7 Å². The highest BCUT2D eigenvalue weighted by Crippen LogP contribution is 2.25. The molecule has 0 aliphatic carbocycles. The Morgan fingerprint density at radius 3 is 2.82 bits per heavy atom. The first-order valence-electron chi connectivity index (χ1n) is 9.58. The van der Waals surface area contributed by atoms with Crippen molar-refractivity contribution in [3.63, 3.8) is 0 Å². The first-order chi connectivity index (χ1) is 13.7. The molecule has 4 rings (SSSR count). The number of aromatic amines is 1. The van der Waals surface area contributed by atoms with Crippen molar-refractivity contribution in [2.75, 3.05) is 13.7 Å². The zero-order valence-corrected chi connectivity index (χ0v) is 17.0. The van der Waals surface area contributed by atoms with Crippen LogP contribution in [0.2, 0.25) is 0 Å². The van der Waals surface area contributed by atoms with Crippen LogP contribution in [0.3, 0.4) is 0 Å². The number of rotatable bonds is 6. The maximum atomic E-state index is 12.5. The van der Waals surface area contributed by atoms with Crippen molar-refractivity contribution in [3.8, 4) is 17.0 Å². The van der Waals surface area contributed by atoms with E-state index in [9.17, 15) is 4.79 Å². The molecule has 0 fully saturated rings. The van der Waals surface area contributed by atoms with Crippen molar-refractivity contribution in [1.82, 2.24) is 19.9 Å². The van der Waals surface area contributed by atoms with Crippen molar-refractivity contribution in [1.29, 1.82) is 0 Å². The van der Waals surface area contributed by atoms with E-state index in [1.54, 1.807) is 18.4 Å². The third kappa shape index (κ3) is 4.00. The molecule has 146 valence electrons. The smallest absolute Gasteiger partial charge is 0.255 e. The number of nitrogens with zero attached hydrogens (tertiary/aromatic N) is 3. The summed E-state index contributed by atoms with van der Waals surface area (Å²) >= 11 is 1.66. The highest BCUT2D eigenvalue weighted by Gasteiger charge is 2.22. The number of aryl methyl sites for hydroxylation is 1. The molecule has 0 spiro atoms. The van der Waals surface area contributed by atoms with Crippen LogP contribution in [0.15, 0.2) is 34.4 Å². The first-order valence-corrected chi connectivity index (χ1v) is 10.5. The van der Waals surface area contributed by atoms with E-state index in [4.69, 9.17) is 9.72 Å². The van der Waals surface area contributed by atoms with Crippen LogP contribution < -0.4 is 10.3 Å². The lowest BCUT2D eigenvalue weighted by atomic mass is 10.1. The van der Waals surface area contributed by atoms with E-state index < -0.39 is 0 Å². The van der Waals surface area contributed by atoms with Gasteiger partial charge in [0.15, 0.2) is 0 Å². The molecule has 1 N–H and O–H groups in total. The van der Waals surface area contributed by atoms with Gasteiger partial charge in [-0.15, -0.1) is 11.3 Å². The largest absolute Gasteiger partial charge is 0.497 e. The number of benzene rings is 1. The van der Waals surface area contributed by atoms with Crippen LogP contribution in [0.5, 0.6) is 5.75 Å². The van der Waals surface area contributed by atoms with Gasteiger partial charge in [0, 0.05) is 36.9 Å². The molecule has 0 bridgehead atoms. The Kier molecular flexibility index (Phi) is 5.54. The van der Waals surface area contributed by atoms with Crippen molar-refractivity contribution >= 4 is 11.3 Å². The van der Waals surface area contributed by atoms with Gasteiger partial charge in [-0.25, -0.2) is 9.97 Å². The Morgan fingerprint density at radius 2 is 2.07 bits per heavy atom. The van der Waals surface area contributed by atoms with Gasteiger partial charge in [-0.1, -0.05) is 6.92 Å². The summed E-state index contributed by atoms with van der Waals surface area (Å²) in [4.78, 5) is 27.1. The zero-order valence-electron chi connectivity index (χ0n) is 16.2. The van der Waals surface area contributed by atoms with E-state index in [0.717, 1.165) is 71.4 Å². The number of hydrogen-bond donors (Lipinski definition) is 1. The lowest BCUT2D eigenvalue weighted by Gasteiger charge is -2.26. The van der Waals surface area contributed by atoms with Gasteiger partial charge < -0.3 is 9.72 Å². The Hall–Kier alpha value is -2.51. The highest BCUT2D eigenvalue weighted by molar-refractivity contribution is 7.09. The standard InChI is InChI=1S/C21H24N4O2S/c1-3-4-19-22-17-9-10-25(11-16(17)21(26)24-19)12-20-23-18(13-28-20)14-5-7-15(27-2)8-6-14/h5-8,13H,3-4,9-12H2,1-2H3,(H,22,24,26). The maximum absolute atomic E-state index is 12.5. The Balaban J connectivity index is 1.46. The number of hydrogen-bond acceptors (Lipinski definition) is 6. The second-order valence-electron chi connectivity index (χ2n) is 7.00. The number of methoxy groups -OCH3 is 1. The number of ether oxygens (including phenoxy) is 1. The lowest BCUT2D eigenvalue weighted by molar-refractivity contribution is 0.241. The molecule has 0 saturated carbocycles. The number of H-pyrrole nitrogens is 1. The molecule has 0 atom stereocenters. The summed E-state index contributed by atoms with van der Waals surface area (Å²) in [5.74, 6) is 1.65. The van der Waals surface area contributed by atoms with Gasteiger partial charge in [-0.3, -0.25) is 9.69 Å². The molecule has 0 saturated heterocycles. The van der Waals surface area contributed by atoms with Gasteiger partial charge in [0.25, 0.3) is 5.56 Å². The van der Waals surface area contributed by atoms with Crippen molar-refractivity contribution in [2.45, 2.75) is 39.3 Å². The second kappa shape index (κ2) is 8.24. The fraction of sp³-hybridized carbons (Fsp3) is 0.381. The van der Waals surface area contributed by atoms with Crippen molar-refractivity contribution in [3.05, 3.63) is 62.1 Å². The van der Waals surface area contributed by atoms with Crippen molar-refractivity contribution in [2.24, 2.45) is 0 Å². The average molecular weight is 397 g/mol. The first kappa shape index (κ1) is 18.8. The fourth-order valence-corrected chi connectivity index (χ4v) is 4.34. The number of nitrogens with one attached hydrogen (secondary N) is 1. The summed E-state index contributed by atoms with van der Waals surface area (Å²) in [6, 6.07) is 7.94. The molecule has 7 heteroatoms. The molecule has 28 heavy (non-hydrogen) atoms. The highest BCUT2D eigenvalue weighted by atomic mass is 32.1. The zero-order chi connectivity index (χ0) is 19.5. The molecule has 0 radical (unpaired) electrons. The van der Waals surface area contributed by atoms with Crippen LogP contribution in [-0.4, -0.2) is 33.5 Å². The third-order valence-electron chi connectivity index (χ3n) is 4.98. The van der Waals surface area contributed by atoms with Crippen molar-refractivity contribution < 1.29 is 4.74 Å². The van der Waals surface area contributed by atoms with Crippen LogP contribution in [0.1, 0.15) is 35.4 Å². The van der Waals surface area contributed by atoms with E-state index in [1.165, 1.54) is 0 Å². The summed E-state index contributed by atoms with van der Waals surface area (Å²) in [5, 5.41) is 3.14. The Bertz CT molecular complexity index is 1010. The number of aromatic nitrogens is 3. The van der Waals surface area contributed by atoms with Gasteiger partial charge in [0.05, 0.1) is 30.6 Å². The average Bonchev–Trinajstić information content (AvgIpc) is 3.17. The minimum atomic E-state index is 0.0104. The molecule has 0 unspecified atom stereocenters. The summed E-state index contributed by atoms with van der Waals surface area (Å²) in [6.07, 6.45) is 2.61. The van der Waals surface area contributed by atoms with E-state index in [0.29, 0.717) is 6.54 Å². The normalized spacial score (nSPS) is 14.1. The van der Waals surface area contributed by atoms with Crippen LogP contribution in [0, 0.1) is 0 Å². The van der Waals surface area contributed by atoms with Gasteiger partial charge in [0.1, 0.15) is 16.6 Å². The number of thiazole rings is 1. The van der Waals surface area contributed by atoms with E-state index in [-0.39, 0.29) is 5.56 Å². The minimum absolute atomic E-state index is 0.0104. The van der Waals surface area contributed by atoms with Crippen LogP contribution in [0.25, 0.3) is 11.3 Å². The molecule has 1 aliphatic heterocycles. The molecule has 2 aromatic heterocycles. The van der Waals surface area contributed by atoms with Crippen LogP contribution >= 0.6 is 11.3 Å². The molecule has 1 aliphatic rings. The molecule has 3 heterocycles. The van der Waals surface area contributed by atoms with E-state index >= 15 is 0 Å². The quantitative estimate of drug-likeness (QED) is 0.691. The molecule has 0 amide bonds. The third-order valence-corrected chi connectivity index (χ3v) is 5.81. The summed E-state index contributed by atoms with van der Waals surface area (Å²) in [7, 11) is 1.66. The van der Waals surface area contributed by atoms with Gasteiger partial charge in [0.2, 0.25) is 0 Å². The van der Waals surface area contributed by atoms with Gasteiger partial charge >= 0.3 is 0 Å². The SMILES string of the molecule is CCCc1nc2c(c(=O)[nH]1)CN(Cc1nc(-c3ccc(OC)cc3)cs1)CC2. The van der Waals surface area contributed by atoms with Gasteiger partial charge in [-0.2, -0.15) is 0 Å². The van der Waals surface area contributed by atoms with E-state index in [1.807, 2.05) is 24.3 Å². The summed E-state index contributed by atoms with van der Waals surface area (Å²) in [5.41, 5.74) is 3.83. The monoisotopic (exact) mass is 396 g/mol. The number of fused-ring (bicyclic) bond motifs is 1. The molecular weight excluding hydrogens is 372 g/mol. The minimum Gasteiger partial charge on any atom is -0.497 e. The topological polar surface area (TPSA) is 71.1 Å².